The van der Waals surface area contributed by atoms with Crippen molar-refractivity contribution in [2.24, 2.45) is 0 Å². The van der Waals surface area contributed by atoms with Crippen LogP contribution in [-0.2, 0) is 0 Å². The van der Waals surface area contributed by atoms with Gasteiger partial charge in [-0.3, -0.25) is 0 Å². The third-order valence-electron chi connectivity index (χ3n) is 4.32. The molecule has 0 atom stereocenters. The van der Waals surface area contributed by atoms with Crippen LogP contribution < -0.4 is 10.1 Å². The molecule has 1 aliphatic rings. The molecule has 1 saturated heterocycles. The lowest BCUT2D eigenvalue weighted by Gasteiger charge is -2.31. The molecule has 1 aliphatic heterocycles. The molecule has 0 radical (unpaired) electrons. The summed E-state index contributed by atoms with van der Waals surface area (Å²) in [6.07, 6.45) is 1.89. The molecule has 3 rings (SSSR count). The van der Waals surface area contributed by atoms with Crippen molar-refractivity contribution in [3.63, 3.8) is 0 Å². The van der Waals surface area contributed by atoms with Gasteiger partial charge in [-0.1, -0.05) is 24.3 Å². The monoisotopic (exact) mass is 328 g/mol. The van der Waals surface area contributed by atoms with Crippen LogP contribution in [0.15, 0.2) is 48.5 Å². The topological polar surface area (TPSA) is 41.6 Å². The van der Waals surface area contributed by atoms with Crippen LogP contribution in [0.4, 0.5) is 14.9 Å². The standard InChI is InChI=1S/C19H21FN2O2/c1-19(2)12-7-13-22(19)18(23)21-17-15(20)10-6-11-16(17)24-14-8-4-3-5-9-14/h3-6,8-11H,7,12-13H2,1-2H3,(H,21,23). The Bertz CT molecular complexity index is 731. The van der Waals surface area contributed by atoms with Crippen molar-refractivity contribution in [3.8, 4) is 11.5 Å². The SMILES string of the molecule is CC1(C)CCCN1C(=O)Nc1c(F)cccc1Oc1ccccc1. The molecule has 0 aliphatic carbocycles. The smallest absolute Gasteiger partial charge is 0.322 e. The summed E-state index contributed by atoms with van der Waals surface area (Å²) in [5, 5.41) is 2.68. The molecule has 0 spiro atoms. The molecule has 4 nitrogen and oxygen atoms in total. The molecule has 24 heavy (non-hydrogen) atoms. The van der Waals surface area contributed by atoms with Gasteiger partial charge in [0.15, 0.2) is 11.6 Å². The van der Waals surface area contributed by atoms with E-state index in [9.17, 15) is 9.18 Å². The van der Waals surface area contributed by atoms with Crippen molar-refractivity contribution >= 4 is 11.7 Å². The summed E-state index contributed by atoms with van der Waals surface area (Å²) in [6, 6.07) is 13.3. The summed E-state index contributed by atoms with van der Waals surface area (Å²) in [4.78, 5) is 14.3. The number of hydrogen-bond donors (Lipinski definition) is 1. The van der Waals surface area contributed by atoms with E-state index in [1.807, 2.05) is 32.0 Å². The van der Waals surface area contributed by atoms with Gasteiger partial charge in [-0.15, -0.1) is 0 Å². The predicted molar refractivity (Wildman–Crippen MR) is 92.0 cm³/mol. The number of hydrogen-bond acceptors (Lipinski definition) is 2. The van der Waals surface area contributed by atoms with Gasteiger partial charge in [0.25, 0.3) is 0 Å². The number of nitrogens with one attached hydrogen (secondary N) is 1. The number of para-hydroxylation sites is 2. The van der Waals surface area contributed by atoms with Gasteiger partial charge in [-0.2, -0.15) is 0 Å². The lowest BCUT2D eigenvalue weighted by molar-refractivity contribution is 0.178. The Morgan fingerprint density at radius 1 is 1.17 bits per heavy atom. The number of anilines is 1. The second-order valence-electron chi connectivity index (χ2n) is 6.53. The van der Waals surface area contributed by atoms with Crippen LogP contribution >= 0.6 is 0 Å². The number of amides is 2. The van der Waals surface area contributed by atoms with Crippen LogP contribution in [0, 0.1) is 5.82 Å². The third kappa shape index (κ3) is 3.35. The van der Waals surface area contributed by atoms with Crippen molar-refractivity contribution < 1.29 is 13.9 Å². The fourth-order valence-electron chi connectivity index (χ4n) is 2.98. The van der Waals surface area contributed by atoms with Crippen LogP contribution in [0.1, 0.15) is 26.7 Å². The van der Waals surface area contributed by atoms with E-state index in [-0.39, 0.29) is 23.0 Å². The van der Waals surface area contributed by atoms with E-state index in [4.69, 9.17) is 4.74 Å². The number of rotatable bonds is 3. The number of carbonyl (C=O) groups excluding carboxylic acids is 1. The van der Waals surface area contributed by atoms with Crippen LogP contribution in [0.2, 0.25) is 0 Å². The highest BCUT2D eigenvalue weighted by Crippen LogP contribution is 2.34. The number of halogens is 1. The van der Waals surface area contributed by atoms with Crippen molar-refractivity contribution in [1.29, 1.82) is 0 Å². The summed E-state index contributed by atoms with van der Waals surface area (Å²) < 4.78 is 20.0. The highest BCUT2D eigenvalue weighted by molar-refractivity contribution is 5.91. The van der Waals surface area contributed by atoms with E-state index < -0.39 is 5.82 Å². The van der Waals surface area contributed by atoms with Gasteiger partial charge in [0.2, 0.25) is 0 Å². The molecule has 1 fully saturated rings. The van der Waals surface area contributed by atoms with E-state index in [0.29, 0.717) is 12.3 Å². The molecule has 0 bridgehead atoms. The van der Waals surface area contributed by atoms with Crippen LogP contribution in [-0.4, -0.2) is 23.0 Å². The number of urea groups is 1. The van der Waals surface area contributed by atoms with Crippen LogP contribution in [0.25, 0.3) is 0 Å². The summed E-state index contributed by atoms with van der Waals surface area (Å²) in [5.41, 5.74) is -0.162. The van der Waals surface area contributed by atoms with Crippen molar-refractivity contribution in [3.05, 3.63) is 54.3 Å². The molecular weight excluding hydrogens is 307 g/mol. The van der Waals surface area contributed by atoms with Crippen molar-refractivity contribution in [2.45, 2.75) is 32.2 Å². The maximum Gasteiger partial charge on any atom is 0.322 e. The maximum atomic E-state index is 14.3. The van der Waals surface area contributed by atoms with E-state index in [1.165, 1.54) is 6.07 Å². The molecule has 0 aromatic heterocycles. The zero-order valence-corrected chi connectivity index (χ0v) is 13.9. The van der Waals surface area contributed by atoms with E-state index in [2.05, 4.69) is 5.32 Å². The Balaban J connectivity index is 1.84. The predicted octanol–water partition coefficient (Wildman–Crippen LogP) is 5.02. The minimum absolute atomic E-state index is 0.0639. The van der Waals surface area contributed by atoms with Gasteiger partial charge >= 0.3 is 6.03 Å². The lowest BCUT2D eigenvalue weighted by Crippen LogP contribution is -2.45. The summed E-state index contributed by atoms with van der Waals surface area (Å²) >= 11 is 0. The Kier molecular flexibility index (Phi) is 4.42. The molecule has 0 saturated carbocycles. The van der Waals surface area contributed by atoms with Gasteiger partial charge < -0.3 is 15.0 Å². The van der Waals surface area contributed by atoms with E-state index in [0.717, 1.165) is 12.8 Å². The van der Waals surface area contributed by atoms with E-state index in [1.54, 1.807) is 29.2 Å². The van der Waals surface area contributed by atoms with E-state index >= 15 is 0 Å². The van der Waals surface area contributed by atoms with Gasteiger partial charge in [0.1, 0.15) is 11.4 Å². The van der Waals surface area contributed by atoms with Gasteiger partial charge in [0.05, 0.1) is 0 Å². The molecule has 126 valence electrons. The Morgan fingerprint density at radius 3 is 2.58 bits per heavy atom. The second kappa shape index (κ2) is 6.51. The maximum absolute atomic E-state index is 14.3. The first-order valence-electron chi connectivity index (χ1n) is 8.07. The zero-order valence-electron chi connectivity index (χ0n) is 13.9. The van der Waals surface area contributed by atoms with Crippen LogP contribution in [0.5, 0.6) is 11.5 Å². The fraction of sp³-hybridized carbons (Fsp3) is 0.316. The summed E-state index contributed by atoms with van der Waals surface area (Å²) in [6.45, 7) is 4.70. The third-order valence-corrected chi connectivity index (χ3v) is 4.32. The quantitative estimate of drug-likeness (QED) is 0.859. The highest BCUT2D eigenvalue weighted by atomic mass is 19.1. The van der Waals surface area contributed by atoms with Gasteiger partial charge in [0, 0.05) is 12.1 Å². The second-order valence-corrected chi connectivity index (χ2v) is 6.53. The number of ether oxygens (including phenoxy) is 1. The number of nitrogens with zero attached hydrogens (tertiary/aromatic N) is 1. The first kappa shape index (κ1) is 16.3. The van der Waals surface area contributed by atoms with Gasteiger partial charge in [-0.25, -0.2) is 9.18 Å². The Morgan fingerprint density at radius 2 is 1.92 bits per heavy atom. The number of benzene rings is 2. The molecule has 2 amide bonds. The zero-order chi connectivity index (χ0) is 17.2. The Hall–Kier alpha value is -2.56. The van der Waals surface area contributed by atoms with Crippen molar-refractivity contribution in [2.75, 3.05) is 11.9 Å². The molecule has 2 aromatic rings. The molecule has 0 unspecified atom stereocenters. The first-order chi connectivity index (χ1) is 11.5. The lowest BCUT2D eigenvalue weighted by atomic mass is 10.0. The first-order valence-corrected chi connectivity index (χ1v) is 8.07. The number of carbonyl (C=O) groups is 1. The summed E-state index contributed by atoms with van der Waals surface area (Å²) in [5.74, 6) is 0.348. The highest BCUT2D eigenvalue weighted by Gasteiger charge is 2.35. The number of likely N-dealkylation sites (tertiary alicyclic amines) is 1. The molecule has 5 heteroatoms. The largest absolute Gasteiger partial charge is 0.455 e. The molecule has 2 aromatic carbocycles. The average Bonchev–Trinajstić information content (AvgIpc) is 2.91. The molecule has 1 heterocycles. The molecular formula is C19H21FN2O2. The molecule has 1 N–H and O–H groups in total. The minimum atomic E-state index is -0.520. The summed E-state index contributed by atoms with van der Waals surface area (Å²) in [7, 11) is 0. The average molecular weight is 328 g/mol. The fourth-order valence-corrected chi connectivity index (χ4v) is 2.98. The van der Waals surface area contributed by atoms with Crippen molar-refractivity contribution in [1.82, 2.24) is 4.90 Å². The minimum Gasteiger partial charge on any atom is -0.455 e. The van der Waals surface area contributed by atoms with Crippen LogP contribution in [0.3, 0.4) is 0 Å². The Labute approximate surface area is 141 Å². The normalized spacial score (nSPS) is 16.0. The van der Waals surface area contributed by atoms with Gasteiger partial charge in [-0.05, 0) is 51.0 Å².